The quantitative estimate of drug-likeness (QED) is 0.691. The molecule has 0 spiro atoms. The lowest BCUT2D eigenvalue weighted by molar-refractivity contribution is -0.138. The molecule has 1 aliphatic rings. The van der Waals surface area contributed by atoms with Crippen LogP contribution in [-0.2, 0) is 9.53 Å². The summed E-state index contributed by atoms with van der Waals surface area (Å²) in [7, 11) is 0. The number of nitrogens with zero attached hydrogens (tertiary/aromatic N) is 1. The zero-order valence-electron chi connectivity index (χ0n) is 8.74. The summed E-state index contributed by atoms with van der Waals surface area (Å²) in [5.41, 5.74) is 0. The molecule has 1 N–H and O–H groups in total. The lowest BCUT2D eigenvalue weighted by Gasteiger charge is -2.22. The first-order chi connectivity index (χ1) is 6.72. The maximum Gasteiger partial charge on any atom is 0.317 e. The SMILES string of the molecule is CCCN(CC(=O)O)CC1CCOC1. The van der Waals surface area contributed by atoms with Crippen LogP contribution in [0.1, 0.15) is 19.8 Å². The van der Waals surface area contributed by atoms with Gasteiger partial charge in [-0.15, -0.1) is 0 Å². The van der Waals surface area contributed by atoms with E-state index in [2.05, 4.69) is 6.92 Å². The number of carboxylic acid groups (broad SMARTS) is 1. The summed E-state index contributed by atoms with van der Waals surface area (Å²) in [5, 5.41) is 8.71. The highest BCUT2D eigenvalue weighted by Crippen LogP contribution is 2.13. The van der Waals surface area contributed by atoms with Crippen molar-refractivity contribution < 1.29 is 14.6 Å². The van der Waals surface area contributed by atoms with Gasteiger partial charge in [0.05, 0.1) is 13.2 Å². The van der Waals surface area contributed by atoms with Gasteiger partial charge < -0.3 is 9.84 Å². The van der Waals surface area contributed by atoms with Gasteiger partial charge in [-0.1, -0.05) is 6.92 Å². The van der Waals surface area contributed by atoms with Gasteiger partial charge in [-0.2, -0.15) is 0 Å². The van der Waals surface area contributed by atoms with E-state index in [1.165, 1.54) is 0 Å². The van der Waals surface area contributed by atoms with E-state index in [1.54, 1.807) is 0 Å². The number of rotatable bonds is 6. The summed E-state index contributed by atoms with van der Waals surface area (Å²) in [4.78, 5) is 12.6. The Morgan fingerprint density at radius 2 is 2.43 bits per heavy atom. The van der Waals surface area contributed by atoms with E-state index >= 15 is 0 Å². The van der Waals surface area contributed by atoms with Gasteiger partial charge in [0.25, 0.3) is 0 Å². The predicted octanol–water partition coefficient (Wildman–Crippen LogP) is 0.819. The fraction of sp³-hybridized carbons (Fsp3) is 0.900. The van der Waals surface area contributed by atoms with Gasteiger partial charge in [0.1, 0.15) is 0 Å². The maximum absolute atomic E-state index is 10.6. The molecule has 4 heteroatoms. The van der Waals surface area contributed by atoms with E-state index in [9.17, 15) is 4.79 Å². The normalized spacial score (nSPS) is 21.7. The van der Waals surface area contributed by atoms with E-state index in [-0.39, 0.29) is 6.54 Å². The van der Waals surface area contributed by atoms with Crippen molar-refractivity contribution in [3.05, 3.63) is 0 Å². The zero-order valence-corrected chi connectivity index (χ0v) is 8.74. The minimum Gasteiger partial charge on any atom is -0.480 e. The van der Waals surface area contributed by atoms with Crippen LogP contribution >= 0.6 is 0 Å². The largest absolute Gasteiger partial charge is 0.480 e. The first kappa shape index (κ1) is 11.5. The molecule has 1 unspecified atom stereocenters. The summed E-state index contributed by atoms with van der Waals surface area (Å²) in [6, 6.07) is 0. The molecule has 1 fully saturated rings. The highest BCUT2D eigenvalue weighted by atomic mass is 16.5. The van der Waals surface area contributed by atoms with Crippen molar-refractivity contribution in [2.75, 3.05) is 32.8 Å². The van der Waals surface area contributed by atoms with E-state index < -0.39 is 5.97 Å². The Morgan fingerprint density at radius 1 is 1.64 bits per heavy atom. The molecule has 0 aromatic carbocycles. The van der Waals surface area contributed by atoms with Crippen LogP contribution in [0.2, 0.25) is 0 Å². The molecule has 1 heterocycles. The van der Waals surface area contributed by atoms with E-state index in [4.69, 9.17) is 9.84 Å². The third-order valence-corrected chi connectivity index (χ3v) is 2.44. The van der Waals surface area contributed by atoms with Crippen LogP contribution in [-0.4, -0.2) is 48.8 Å². The summed E-state index contributed by atoms with van der Waals surface area (Å²) in [6.45, 7) is 5.57. The lowest BCUT2D eigenvalue weighted by atomic mass is 10.1. The van der Waals surface area contributed by atoms with Gasteiger partial charge in [-0.05, 0) is 25.3 Å². The van der Waals surface area contributed by atoms with E-state index in [1.807, 2.05) is 4.90 Å². The molecule has 0 amide bonds. The summed E-state index contributed by atoms with van der Waals surface area (Å²) in [6.07, 6.45) is 2.07. The van der Waals surface area contributed by atoms with Crippen LogP contribution < -0.4 is 0 Å². The van der Waals surface area contributed by atoms with Crippen LogP contribution in [0, 0.1) is 5.92 Å². The average molecular weight is 201 g/mol. The Hall–Kier alpha value is -0.610. The van der Waals surface area contributed by atoms with Gasteiger partial charge in [-0.25, -0.2) is 0 Å². The smallest absolute Gasteiger partial charge is 0.317 e. The third kappa shape index (κ3) is 4.07. The Morgan fingerprint density at radius 3 is 2.93 bits per heavy atom. The third-order valence-electron chi connectivity index (χ3n) is 2.44. The number of ether oxygens (including phenoxy) is 1. The maximum atomic E-state index is 10.6. The van der Waals surface area contributed by atoms with Gasteiger partial charge in [0.2, 0.25) is 0 Å². The molecule has 14 heavy (non-hydrogen) atoms. The van der Waals surface area contributed by atoms with Crippen molar-refractivity contribution >= 4 is 5.97 Å². The second-order valence-electron chi connectivity index (χ2n) is 3.86. The molecule has 1 rings (SSSR count). The van der Waals surface area contributed by atoms with E-state index in [0.29, 0.717) is 5.92 Å². The van der Waals surface area contributed by atoms with Crippen LogP contribution in [0.5, 0.6) is 0 Å². The summed E-state index contributed by atoms with van der Waals surface area (Å²) < 4.78 is 5.27. The number of carbonyl (C=O) groups is 1. The second kappa shape index (κ2) is 5.98. The molecule has 0 bridgehead atoms. The highest BCUT2D eigenvalue weighted by Gasteiger charge is 2.19. The van der Waals surface area contributed by atoms with Gasteiger partial charge in [0, 0.05) is 13.2 Å². The molecule has 4 nitrogen and oxygen atoms in total. The molecule has 1 saturated heterocycles. The molecule has 0 radical (unpaired) electrons. The highest BCUT2D eigenvalue weighted by molar-refractivity contribution is 5.69. The monoisotopic (exact) mass is 201 g/mol. The number of aliphatic carboxylic acids is 1. The van der Waals surface area contributed by atoms with Crippen molar-refractivity contribution in [1.29, 1.82) is 0 Å². The Labute approximate surface area is 84.8 Å². The molecule has 0 aliphatic carbocycles. The van der Waals surface area contributed by atoms with Crippen LogP contribution in [0.25, 0.3) is 0 Å². The Balaban J connectivity index is 2.29. The number of hydrogen-bond acceptors (Lipinski definition) is 3. The molecular formula is C10H19NO3. The van der Waals surface area contributed by atoms with Gasteiger partial charge in [0.15, 0.2) is 0 Å². The molecular weight excluding hydrogens is 182 g/mol. The minimum atomic E-state index is -0.739. The average Bonchev–Trinajstić information content (AvgIpc) is 2.56. The summed E-state index contributed by atoms with van der Waals surface area (Å²) in [5.74, 6) is -0.210. The zero-order chi connectivity index (χ0) is 10.4. The van der Waals surface area contributed by atoms with Gasteiger partial charge in [-0.3, -0.25) is 9.69 Å². The first-order valence-electron chi connectivity index (χ1n) is 5.24. The lowest BCUT2D eigenvalue weighted by Crippen LogP contribution is -2.35. The topological polar surface area (TPSA) is 49.8 Å². The van der Waals surface area contributed by atoms with Crippen LogP contribution in [0.4, 0.5) is 0 Å². The van der Waals surface area contributed by atoms with Gasteiger partial charge >= 0.3 is 5.97 Å². The molecule has 82 valence electrons. The van der Waals surface area contributed by atoms with Crippen molar-refractivity contribution in [2.24, 2.45) is 5.92 Å². The van der Waals surface area contributed by atoms with Crippen molar-refractivity contribution in [1.82, 2.24) is 4.90 Å². The van der Waals surface area contributed by atoms with Crippen molar-refractivity contribution in [3.63, 3.8) is 0 Å². The Kier molecular flexibility index (Phi) is 4.90. The van der Waals surface area contributed by atoms with Crippen LogP contribution in [0.3, 0.4) is 0 Å². The van der Waals surface area contributed by atoms with E-state index in [0.717, 1.165) is 39.1 Å². The Bertz CT molecular complexity index is 178. The second-order valence-corrected chi connectivity index (χ2v) is 3.86. The molecule has 1 aliphatic heterocycles. The predicted molar refractivity (Wildman–Crippen MR) is 53.3 cm³/mol. The molecule has 0 saturated carbocycles. The molecule has 0 aromatic heterocycles. The van der Waals surface area contributed by atoms with Crippen molar-refractivity contribution in [2.45, 2.75) is 19.8 Å². The van der Waals surface area contributed by atoms with Crippen LogP contribution in [0.15, 0.2) is 0 Å². The number of carboxylic acids is 1. The van der Waals surface area contributed by atoms with Crippen molar-refractivity contribution in [3.8, 4) is 0 Å². The standard InChI is InChI=1S/C10H19NO3/c1-2-4-11(7-10(12)13)6-9-3-5-14-8-9/h9H,2-8H2,1H3,(H,12,13). The fourth-order valence-corrected chi connectivity index (χ4v) is 1.83. The first-order valence-corrected chi connectivity index (χ1v) is 5.24. The molecule has 1 atom stereocenters. The number of hydrogen-bond donors (Lipinski definition) is 1. The minimum absolute atomic E-state index is 0.157. The fourth-order valence-electron chi connectivity index (χ4n) is 1.83. The summed E-state index contributed by atoms with van der Waals surface area (Å²) >= 11 is 0. The molecule has 0 aromatic rings.